The van der Waals surface area contributed by atoms with Gasteiger partial charge in [0, 0.05) is 0 Å². The molecule has 1 rings (SSSR count). The van der Waals surface area contributed by atoms with E-state index in [0.29, 0.717) is 0 Å². The van der Waals surface area contributed by atoms with Gasteiger partial charge in [0.15, 0.2) is 0 Å². The van der Waals surface area contributed by atoms with Crippen LogP contribution in [0.5, 0.6) is 0 Å². The van der Waals surface area contributed by atoms with Crippen LogP contribution in [0.2, 0.25) is 0 Å². The van der Waals surface area contributed by atoms with Gasteiger partial charge in [-0.1, -0.05) is 4.32 Å². The molecule has 0 aromatic rings. The molecule has 2 nitrogen and oxygen atoms in total. The first kappa shape index (κ1) is 13.6. The van der Waals surface area contributed by atoms with Crippen molar-refractivity contribution in [3.05, 3.63) is 0 Å². The van der Waals surface area contributed by atoms with Gasteiger partial charge >= 0.3 is 29.6 Å². The Kier molecular flexibility index (Phi) is 13.7. The van der Waals surface area contributed by atoms with E-state index in [9.17, 15) is 0 Å². The fourth-order valence-electron chi connectivity index (χ4n) is 0.625. The molecule has 10 heavy (non-hydrogen) atoms. The van der Waals surface area contributed by atoms with Crippen molar-refractivity contribution >= 4 is 29.2 Å². The Morgan fingerprint density at radius 2 is 1.70 bits per heavy atom. The molecule has 1 fully saturated rings. The topological polar surface area (TPSA) is 38.0 Å². The SMILES string of the molecule is C1CCNC1.NC(=S)[S-].[Na+]. The van der Waals surface area contributed by atoms with Crippen LogP contribution < -0.4 is 40.6 Å². The summed E-state index contributed by atoms with van der Waals surface area (Å²) in [7, 11) is 0. The third kappa shape index (κ3) is 16.0. The first-order valence-electron chi connectivity index (χ1n) is 2.90. The molecule has 0 saturated carbocycles. The Hall–Kier alpha value is 1.07. The van der Waals surface area contributed by atoms with Gasteiger partial charge in [-0.15, -0.1) is 0 Å². The van der Waals surface area contributed by atoms with Gasteiger partial charge in [-0.25, -0.2) is 0 Å². The smallest absolute Gasteiger partial charge is 0.415 e. The molecule has 1 aliphatic heterocycles. The summed E-state index contributed by atoms with van der Waals surface area (Å²) in [5.74, 6) is 0. The van der Waals surface area contributed by atoms with E-state index < -0.39 is 0 Å². The molecule has 1 heterocycles. The largest absolute Gasteiger partial charge is 1.00 e. The molecule has 0 aromatic carbocycles. The summed E-state index contributed by atoms with van der Waals surface area (Å²) in [4.78, 5) is 0. The molecular formula is C5H11N2NaS2. The van der Waals surface area contributed by atoms with Gasteiger partial charge in [-0.2, -0.15) is 0 Å². The maximum Gasteiger partial charge on any atom is 1.00 e. The third-order valence-corrected chi connectivity index (χ3v) is 0.957. The van der Waals surface area contributed by atoms with Crippen LogP contribution in [-0.2, 0) is 12.6 Å². The predicted molar refractivity (Wildman–Crippen MR) is 46.3 cm³/mol. The van der Waals surface area contributed by atoms with Gasteiger partial charge in [0.2, 0.25) is 0 Å². The van der Waals surface area contributed by atoms with E-state index >= 15 is 0 Å². The van der Waals surface area contributed by atoms with Crippen LogP contribution in [0.15, 0.2) is 0 Å². The summed E-state index contributed by atoms with van der Waals surface area (Å²) < 4.78 is 0.0833. The summed E-state index contributed by atoms with van der Waals surface area (Å²) in [5.41, 5.74) is 4.66. The summed E-state index contributed by atoms with van der Waals surface area (Å²) in [6.07, 6.45) is 2.78. The molecule has 0 radical (unpaired) electrons. The van der Waals surface area contributed by atoms with Crippen molar-refractivity contribution in [1.29, 1.82) is 0 Å². The third-order valence-electron chi connectivity index (χ3n) is 0.957. The van der Waals surface area contributed by atoms with Crippen LogP contribution in [0.3, 0.4) is 0 Å². The molecule has 0 unspecified atom stereocenters. The average molecular weight is 186 g/mol. The number of rotatable bonds is 0. The molecule has 3 N–H and O–H groups in total. The molecule has 0 spiro atoms. The first-order chi connectivity index (χ1) is 4.23. The maximum atomic E-state index is 4.66. The van der Waals surface area contributed by atoms with Crippen LogP contribution in [0, 0.1) is 0 Å². The summed E-state index contributed by atoms with van der Waals surface area (Å²) in [6.45, 7) is 2.50. The molecule has 1 saturated heterocycles. The van der Waals surface area contributed by atoms with Crippen molar-refractivity contribution < 1.29 is 29.6 Å². The Balaban J connectivity index is 0. The van der Waals surface area contributed by atoms with E-state index in [0.717, 1.165) is 0 Å². The van der Waals surface area contributed by atoms with Gasteiger partial charge in [0.05, 0.1) is 0 Å². The molecule has 54 valence electrons. The summed E-state index contributed by atoms with van der Waals surface area (Å²) in [6, 6.07) is 0. The number of nitrogens with two attached hydrogens (primary N) is 1. The van der Waals surface area contributed by atoms with E-state index in [4.69, 9.17) is 0 Å². The molecule has 0 amide bonds. The van der Waals surface area contributed by atoms with Crippen molar-refractivity contribution in [1.82, 2.24) is 5.32 Å². The second-order valence-corrected chi connectivity index (χ2v) is 2.91. The number of nitrogens with one attached hydrogen (secondary N) is 1. The van der Waals surface area contributed by atoms with Gasteiger partial charge in [-0.05, 0) is 25.9 Å². The molecule has 0 aromatic heterocycles. The quantitative estimate of drug-likeness (QED) is 0.243. The van der Waals surface area contributed by atoms with Crippen molar-refractivity contribution in [3.63, 3.8) is 0 Å². The molecule has 0 aliphatic carbocycles. The van der Waals surface area contributed by atoms with Crippen LogP contribution in [0.4, 0.5) is 0 Å². The minimum atomic E-state index is 0. The average Bonchev–Trinajstić information content (AvgIpc) is 2.11. The van der Waals surface area contributed by atoms with E-state index in [2.05, 4.69) is 35.9 Å². The molecule has 0 bridgehead atoms. The zero-order valence-corrected chi connectivity index (χ0v) is 9.86. The van der Waals surface area contributed by atoms with E-state index in [1.807, 2.05) is 0 Å². The fourth-order valence-corrected chi connectivity index (χ4v) is 0.625. The van der Waals surface area contributed by atoms with E-state index in [-0.39, 0.29) is 33.9 Å². The monoisotopic (exact) mass is 186 g/mol. The van der Waals surface area contributed by atoms with Gasteiger partial charge in [0.1, 0.15) is 0 Å². The predicted octanol–water partition coefficient (Wildman–Crippen LogP) is -2.85. The summed E-state index contributed by atoms with van der Waals surface area (Å²) in [5, 5.41) is 3.22. The van der Waals surface area contributed by atoms with Crippen LogP contribution in [0.25, 0.3) is 0 Å². The van der Waals surface area contributed by atoms with Gasteiger partial charge < -0.3 is 35.9 Å². The number of thiocarbonyl (C=S) groups is 1. The van der Waals surface area contributed by atoms with Crippen LogP contribution >= 0.6 is 12.2 Å². The summed E-state index contributed by atoms with van der Waals surface area (Å²) >= 11 is 8.26. The Morgan fingerprint density at radius 1 is 1.40 bits per heavy atom. The normalized spacial score (nSPS) is 14.4. The van der Waals surface area contributed by atoms with Gasteiger partial charge in [0.25, 0.3) is 0 Å². The van der Waals surface area contributed by atoms with Crippen LogP contribution in [-0.4, -0.2) is 17.4 Å². The number of hydrogen-bond donors (Lipinski definition) is 2. The Bertz CT molecular complexity index is 74.1. The van der Waals surface area contributed by atoms with Crippen molar-refractivity contribution in [2.75, 3.05) is 13.1 Å². The van der Waals surface area contributed by atoms with Crippen molar-refractivity contribution in [2.24, 2.45) is 5.73 Å². The zero-order valence-electron chi connectivity index (χ0n) is 6.22. The second kappa shape index (κ2) is 10.1. The first-order valence-corrected chi connectivity index (χ1v) is 3.72. The molecule has 0 atom stereocenters. The van der Waals surface area contributed by atoms with Crippen LogP contribution in [0.1, 0.15) is 12.8 Å². The molecule has 5 heteroatoms. The Labute approximate surface area is 95.0 Å². The Morgan fingerprint density at radius 3 is 1.80 bits per heavy atom. The fraction of sp³-hybridized carbons (Fsp3) is 0.800. The van der Waals surface area contributed by atoms with E-state index in [1.54, 1.807) is 0 Å². The van der Waals surface area contributed by atoms with Crippen molar-refractivity contribution in [2.45, 2.75) is 12.8 Å². The second-order valence-electron chi connectivity index (χ2n) is 1.78. The minimum Gasteiger partial charge on any atom is -0.415 e. The maximum absolute atomic E-state index is 4.66. The molecular weight excluding hydrogens is 175 g/mol. The molecule has 1 aliphatic rings. The number of hydrogen-bond acceptors (Lipinski definition) is 3. The standard InChI is InChI=1S/C4H9N.CH3NS2.Na/c1-2-4-5-3-1;2-1(3)4;/h5H,1-4H2;(H3,2,3,4);/q;;+1/p-1. The minimum absolute atomic E-state index is 0. The zero-order chi connectivity index (χ0) is 7.11. The van der Waals surface area contributed by atoms with Crippen molar-refractivity contribution in [3.8, 4) is 0 Å². The van der Waals surface area contributed by atoms with Gasteiger partial charge in [-0.3, -0.25) is 0 Å². The van der Waals surface area contributed by atoms with E-state index in [1.165, 1.54) is 25.9 Å².